The second-order valence-corrected chi connectivity index (χ2v) is 11.2. The van der Waals surface area contributed by atoms with Crippen LogP contribution in [0.5, 0.6) is 5.75 Å². The first kappa shape index (κ1) is 28.6. The Kier molecular flexibility index (Phi) is 8.62. The Bertz CT molecular complexity index is 1260. The van der Waals surface area contributed by atoms with E-state index in [2.05, 4.69) is 13.8 Å². The number of benzene rings is 1. The molecule has 0 bridgehead atoms. The molecule has 2 heterocycles. The highest BCUT2D eigenvalue weighted by Crippen LogP contribution is 2.53. The zero-order valence-electron chi connectivity index (χ0n) is 23.7. The van der Waals surface area contributed by atoms with Gasteiger partial charge in [-0.15, -0.1) is 0 Å². The lowest BCUT2D eigenvalue weighted by Crippen LogP contribution is -2.43. The fraction of sp³-hybridized carbons (Fsp3) is 0.516. The van der Waals surface area contributed by atoms with Crippen LogP contribution < -0.4 is 4.74 Å². The SMILES string of the molecule is CC/C(C)=C(\C=C1\N=C(C(=O)N2CCCCCC2C)C=C(C2(C)CC2)N1C)c1ccc(OCC(=O)O)cc1F. The van der Waals surface area contributed by atoms with Gasteiger partial charge in [-0.3, -0.25) is 4.79 Å². The molecule has 1 N–H and O–H groups in total. The van der Waals surface area contributed by atoms with E-state index in [1.807, 2.05) is 42.8 Å². The minimum absolute atomic E-state index is 0.0161. The quantitative estimate of drug-likeness (QED) is 0.429. The summed E-state index contributed by atoms with van der Waals surface area (Å²) in [6, 6.07) is 4.55. The first-order valence-electron chi connectivity index (χ1n) is 14.0. The van der Waals surface area contributed by atoms with Crippen molar-refractivity contribution in [1.29, 1.82) is 0 Å². The predicted octanol–water partition coefficient (Wildman–Crippen LogP) is 6.18. The second kappa shape index (κ2) is 11.8. The summed E-state index contributed by atoms with van der Waals surface area (Å²) in [5, 5.41) is 8.87. The number of aliphatic imine (C=N–C) groups is 1. The highest BCUT2D eigenvalue weighted by atomic mass is 19.1. The third-order valence-corrected chi connectivity index (χ3v) is 8.22. The normalized spacial score (nSPS) is 22.5. The number of carboxylic acids is 1. The van der Waals surface area contributed by atoms with Crippen molar-refractivity contribution in [1.82, 2.24) is 9.80 Å². The van der Waals surface area contributed by atoms with Crippen molar-refractivity contribution in [3.63, 3.8) is 0 Å². The molecule has 1 saturated heterocycles. The topological polar surface area (TPSA) is 82.4 Å². The highest BCUT2D eigenvalue weighted by Gasteiger charge is 2.45. The molecule has 1 aromatic carbocycles. The monoisotopic (exact) mass is 537 g/mol. The van der Waals surface area contributed by atoms with E-state index in [4.69, 9.17) is 14.8 Å². The molecule has 7 nitrogen and oxygen atoms in total. The van der Waals surface area contributed by atoms with Gasteiger partial charge in [0.2, 0.25) is 0 Å². The zero-order chi connectivity index (χ0) is 28.3. The maximum atomic E-state index is 15.4. The largest absolute Gasteiger partial charge is 0.482 e. The number of aliphatic carboxylic acids is 1. The molecule has 1 atom stereocenters. The lowest BCUT2D eigenvalue weighted by molar-refractivity contribution is -0.139. The van der Waals surface area contributed by atoms with Crippen LogP contribution in [-0.2, 0) is 9.59 Å². The van der Waals surface area contributed by atoms with Crippen LogP contribution in [0.25, 0.3) is 5.57 Å². The summed E-state index contributed by atoms with van der Waals surface area (Å²) >= 11 is 0. The molecule has 8 heteroatoms. The van der Waals surface area contributed by atoms with Gasteiger partial charge in [-0.2, -0.15) is 0 Å². The lowest BCUT2D eigenvalue weighted by atomic mass is 9.96. The number of nitrogens with zero attached hydrogens (tertiary/aromatic N) is 3. The van der Waals surface area contributed by atoms with Crippen molar-refractivity contribution in [2.75, 3.05) is 20.2 Å². The van der Waals surface area contributed by atoms with Crippen LogP contribution in [0.4, 0.5) is 4.39 Å². The molecule has 0 aromatic heterocycles. The smallest absolute Gasteiger partial charge is 0.341 e. The molecular formula is C31H40FN3O4. The molecule has 1 amide bonds. The number of ether oxygens (including phenoxy) is 1. The average molecular weight is 538 g/mol. The summed E-state index contributed by atoms with van der Waals surface area (Å²) in [6.07, 6.45) is 10.8. The van der Waals surface area contributed by atoms with Gasteiger partial charge in [0.25, 0.3) is 5.91 Å². The van der Waals surface area contributed by atoms with E-state index in [1.54, 1.807) is 12.1 Å². The van der Waals surface area contributed by atoms with Crippen LogP contribution in [0.3, 0.4) is 0 Å². The van der Waals surface area contributed by atoms with Crippen LogP contribution >= 0.6 is 0 Å². The molecule has 1 unspecified atom stereocenters. The van der Waals surface area contributed by atoms with Crippen LogP contribution in [0.15, 0.2) is 52.4 Å². The van der Waals surface area contributed by atoms with Crippen molar-refractivity contribution >= 4 is 23.2 Å². The molecule has 210 valence electrons. The van der Waals surface area contributed by atoms with Gasteiger partial charge in [-0.05, 0) is 75.8 Å². The number of allylic oxidation sites excluding steroid dienone is 4. The van der Waals surface area contributed by atoms with E-state index in [0.29, 0.717) is 29.1 Å². The Morgan fingerprint density at radius 2 is 2.00 bits per heavy atom. The Balaban J connectivity index is 1.75. The third-order valence-electron chi connectivity index (χ3n) is 8.22. The highest BCUT2D eigenvalue weighted by molar-refractivity contribution is 6.44. The van der Waals surface area contributed by atoms with Gasteiger partial charge in [0, 0.05) is 42.4 Å². The average Bonchev–Trinajstić information content (AvgIpc) is 3.69. The third kappa shape index (κ3) is 6.43. The summed E-state index contributed by atoms with van der Waals surface area (Å²) in [4.78, 5) is 33.5. The fourth-order valence-electron chi connectivity index (χ4n) is 5.27. The number of carbonyl (C=O) groups is 2. The van der Waals surface area contributed by atoms with Gasteiger partial charge >= 0.3 is 5.97 Å². The van der Waals surface area contributed by atoms with Crippen molar-refractivity contribution in [3.8, 4) is 5.75 Å². The first-order valence-corrected chi connectivity index (χ1v) is 14.0. The Labute approximate surface area is 230 Å². The predicted molar refractivity (Wildman–Crippen MR) is 151 cm³/mol. The Morgan fingerprint density at radius 3 is 2.64 bits per heavy atom. The molecule has 3 aliphatic rings. The molecule has 1 aliphatic carbocycles. The number of hydrogen-bond donors (Lipinski definition) is 1. The van der Waals surface area contributed by atoms with Gasteiger partial charge in [0.05, 0.1) is 0 Å². The van der Waals surface area contributed by atoms with E-state index in [1.165, 1.54) is 6.07 Å². The summed E-state index contributed by atoms with van der Waals surface area (Å²) in [6.45, 7) is 8.47. The molecule has 2 fully saturated rings. The molecular weight excluding hydrogens is 497 g/mol. The lowest BCUT2D eigenvalue weighted by Gasteiger charge is -2.33. The zero-order valence-corrected chi connectivity index (χ0v) is 23.7. The maximum absolute atomic E-state index is 15.4. The second-order valence-electron chi connectivity index (χ2n) is 11.2. The minimum Gasteiger partial charge on any atom is -0.482 e. The van der Waals surface area contributed by atoms with Gasteiger partial charge < -0.3 is 19.6 Å². The van der Waals surface area contributed by atoms with Gasteiger partial charge in [-0.25, -0.2) is 14.2 Å². The van der Waals surface area contributed by atoms with Crippen molar-refractivity contribution in [2.45, 2.75) is 78.7 Å². The van der Waals surface area contributed by atoms with Crippen LogP contribution in [-0.4, -0.2) is 58.7 Å². The number of carbonyl (C=O) groups excluding carboxylic acids is 1. The number of hydrogen-bond acceptors (Lipinski definition) is 5. The number of likely N-dealkylation sites (tertiary alicyclic amines) is 1. The minimum atomic E-state index is -1.13. The fourth-order valence-corrected chi connectivity index (χ4v) is 5.27. The van der Waals surface area contributed by atoms with Crippen molar-refractivity contribution in [2.24, 2.45) is 10.4 Å². The maximum Gasteiger partial charge on any atom is 0.341 e. The Hall–Kier alpha value is -3.42. The number of halogens is 1. The first-order chi connectivity index (χ1) is 18.5. The van der Waals surface area contributed by atoms with Crippen LogP contribution in [0.1, 0.15) is 78.2 Å². The van der Waals surface area contributed by atoms with Crippen LogP contribution in [0, 0.1) is 11.2 Å². The van der Waals surface area contributed by atoms with Crippen molar-refractivity contribution in [3.05, 3.63) is 58.8 Å². The molecule has 2 aliphatic heterocycles. The van der Waals surface area contributed by atoms with Crippen LogP contribution in [0.2, 0.25) is 0 Å². The molecule has 1 saturated carbocycles. The van der Waals surface area contributed by atoms with E-state index in [-0.39, 0.29) is 23.1 Å². The van der Waals surface area contributed by atoms with Gasteiger partial charge in [-0.1, -0.05) is 32.3 Å². The Morgan fingerprint density at radius 1 is 1.26 bits per heavy atom. The van der Waals surface area contributed by atoms with Gasteiger partial charge in [0.1, 0.15) is 23.1 Å². The standard InChI is InChI=1S/C31H40FN3O4/c1-6-20(2)24(23-12-11-22(16-25(23)32)39-19-29(36)37)17-28-33-26(18-27(34(28)5)31(4)13-14-31)30(38)35-15-9-7-8-10-21(35)3/h11-12,16-18,21H,6-10,13-15,19H2,1-5H3,(H,36,37)/b24-20+,28-17-. The molecule has 1 aromatic rings. The summed E-state index contributed by atoms with van der Waals surface area (Å²) in [5.74, 6) is -0.939. The van der Waals surface area contributed by atoms with E-state index in [9.17, 15) is 9.59 Å². The summed E-state index contributed by atoms with van der Waals surface area (Å²) in [7, 11) is 1.96. The molecule has 0 spiro atoms. The van der Waals surface area contributed by atoms with E-state index >= 15 is 4.39 Å². The van der Waals surface area contributed by atoms with E-state index < -0.39 is 18.4 Å². The van der Waals surface area contributed by atoms with E-state index in [0.717, 1.165) is 56.3 Å². The van der Waals surface area contributed by atoms with Gasteiger partial charge in [0.15, 0.2) is 6.61 Å². The number of amides is 1. The summed E-state index contributed by atoms with van der Waals surface area (Å²) in [5.41, 5.74) is 3.49. The van der Waals surface area contributed by atoms with Crippen molar-refractivity contribution < 1.29 is 23.8 Å². The summed E-state index contributed by atoms with van der Waals surface area (Å²) < 4.78 is 20.5. The molecule has 39 heavy (non-hydrogen) atoms. The molecule has 4 rings (SSSR count). The molecule has 0 radical (unpaired) electrons. The number of carboxylic acid groups (broad SMARTS) is 1. The number of rotatable bonds is 8.